The summed E-state index contributed by atoms with van der Waals surface area (Å²) in [4.78, 5) is 13.8. The third kappa shape index (κ3) is 4.64. The first kappa shape index (κ1) is 13.2. The van der Waals surface area contributed by atoms with Gasteiger partial charge in [0, 0.05) is 25.4 Å². The maximum absolute atomic E-state index is 11.9. The van der Waals surface area contributed by atoms with Gasteiger partial charge in [-0.15, -0.1) is 11.6 Å². The molecule has 1 aliphatic heterocycles. The summed E-state index contributed by atoms with van der Waals surface area (Å²) in [6, 6.07) is 0. The van der Waals surface area contributed by atoms with Crippen molar-refractivity contribution in [2.75, 3.05) is 30.5 Å². The van der Waals surface area contributed by atoms with Crippen LogP contribution in [0.3, 0.4) is 0 Å². The predicted octanol–water partition coefficient (Wildman–Crippen LogP) is 2.61. The molecule has 15 heavy (non-hydrogen) atoms. The summed E-state index contributed by atoms with van der Waals surface area (Å²) < 4.78 is 0. The first-order chi connectivity index (χ1) is 7.27. The van der Waals surface area contributed by atoms with Crippen LogP contribution in [0.15, 0.2) is 0 Å². The van der Waals surface area contributed by atoms with Crippen molar-refractivity contribution in [3.63, 3.8) is 0 Å². The van der Waals surface area contributed by atoms with Gasteiger partial charge in [-0.3, -0.25) is 4.79 Å². The highest BCUT2D eigenvalue weighted by atomic mass is 35.5. The van der Waals surface area contributed by atoms with Crippen LogP contribution >= 0.6 is 23.4 Å². The van der Waals surface area contributed by atoms with Gasteiger partial charge in [0.25, 0.3) is 0 Å². The Morgan fingerprint density at radius 1 is 1.47 bits per heavy atom. The van der Waals surface area contributed by atoms with Crippen molar-refractivity contribution in [3.8, 4) is 0 Å². The van der Waals surface area contributed by atoms with Crippen LogP contribution in [0.1, 0.15) is 26.2 Å². The molecule has 0 unspecified atom stereocenters. The third-order valence-corrected chi connectivity index (χ3v) is 4.11. The van der Waals surface area contributed by atoms with Crippen molar-refractivity contribution >= 4 is 29.3 Å². The Labute approximate surface area is 102 Å². The molecule has 0 N–H and O–H groups in total. The van der Waals surface area contributed by atoms with E-state index < -0.39 is 0 Å². The lowest BCUT2D eigenvalue weighted by molar-refractivity contribution is -0.131. The lowest BCUT2D eigenvalue weighted by atomic mass is 9.98. The number of amides is 1. The molecule has 1 amide bonds. The second-order valence-electron chi connectivity index (χ2n) is 3.92. The molecule has 1 aliphatic rings. The van der Waals surface area contributed by atoms with E-state index >= 15 is 0 Å². The summed E-state index contributed by atoms with van der Waals surface area (Å²) in [6.45, 7) is 3.49. The predicted molar refractivity (Wildman–Crippen MR) is 67.6 cm³/mol. The van der Waals surface area contributed by atoms with Crippen molar-refractivity contribution in [3.05, 3.63) is 0 Å². The highest BCUT2D eigenvalue weighted by Gasteiger charge is 2.19. The number of alkyl halides is 1. The molecule has 1 heterocycles. The van der Waals surface area contributed by atoms with Crippen LogP contribution in [0.5, 0.6) is 0 Å². The van der Waals surface area contributed by atoms with E-state index in [-0.39, 0.29) is 5.91 Å². The van der Waals surface area contributed by atoms with Crippen LogP contribution in [0.2, 0.25) is 0 Å². The van der Waals surface area contributed by atoms with E-state index in [0.717, 1.165) is 13.0 Å². The van der Waals surface area contributed by atoms with E-state index in [2.05, 4.69) is 0 Å². The van der Waals surface area contributed by atoms with E-state index in [9.17, 15) is 4.79 Å². The van der Waals surface area contributed by atoms with Gasteiger partial charge < -0.3 is 4.90 Å². The molecule has 0 aromatic heterocycles. The molecule has 0 aliphatic carbocycles. The zero-order chi connectivity index (χ0) is 11.1. The number of hydrogen-bond acceptors (Lipinski definition) is 2. The Balaban J connectivity index is 2.31. The first-order valence-electron chi connectivity index (χ1n) is 5.69. The van der Waals surface area contributed by atoms with Gasteiger partial charge in [-0.25, -0.2) is 0 Å². The Morgan fingerprint density at radius 3 is 2.67 bits per heavy atom. The minimum absolute atomic E-state index is 0.287. The average Bonchev–Trinajstić information content (AvgIpc) is 2.27. The molecule has 0 aromatic carbocycles. The molecule has 88 valence electrons. The van der Waals surface area contributed by atoms with E-state index in [1.54, 1.807) is 0 Å². The molecule has 0 atom stereocenters. The molecule has 0 radical (unpaired) electrons. The number of halogens is 1. The van der Waals surface area contributed by atoms with E-state index in [1.807, 2.05) is 23.6 Å². The molecular weight excluding hydrogens is 230 g/mol. The van der Waals surface area contributed by atoms with Gasteiger partial charge in [0.2, 0.25) is 5.91 Å². The van der Waals surface area contributed by atoms with Gasteiger partial charge >= 0.3 is 0 Å². The second kappa shape index (κ2) is 7.39. The number of carbonyl (C=O) groups excluding carboxylic acids is 1. The highest BCUT2D eigenvalue weighted by Crippen LogP contribution is 2.25. The SMILES string of the molecule is CCN(CCCl)C(=O)CC1CCSCC1. The number of carbonyl (C=O) groups is 1. The average molecular weight is 250 g/mol. The monoisotopic (exact) mass is 249 g/mol. The molecular formula is C11H20ClNOS. The van der Waals surface area contributed by atoms with E-state index in [1.165, 1.54) is 24.3 Å². The molecule has 1 rings (SSSR count). The molecule has 0 saturated carbocycles. The van der Waals surface area contributed by atoms with Gasteiger partial charge in [0.15, 0.2) is 0 Å². The van der Waals surface area contributed by atoms with Crippen LogP contribution in [0.4, 0.5) is 0 Å². The number of nitrogens with zero attached hydrogens (tertiary/aromatic N) is 1. The summed E-state index contributed by atoms with van der Waals surface area (Å²) in [5, 5.41) is 0. The first-order valence-corrected chi connectivity index (χ1v) is 7.38. The van der Waals surface area contributed by atoms with E-state index in [0.29, 0.717) is 18.3 Å². The summed E-state index contributed by atoms with van der Waals surface area (Å²) in [7, 11) is 0. The van der Waals surface area contributed by atoms with Crippen molar-refractivity contribution in [2.24, 2.45) is 5.92 Å². The fraction of sp³-hybridized carbons (Fsp3) is 0.909. The van der Waals surface area contributed by atoms with Gasteiger partial charge in [0.1, 0.15) is 0 Å². The fourth-order valence-electron chi connectivity index (χ4n) is 1.89. The van der Waals surface area contributed by atoms with Crippen LogP contribution in [0.25, 0.3) is 0 Å². The highest BCUT2D eigenvalue weighted by molar-refractivity contribution is 7.99. The molecule has 0 spiro atoms. The van der Waals surface area contributed by atoms with Crippen molar-refractivity contribution in [1.82, 2.24) is 4.90 Å². The fourth-order valence-corrected chi connectivity index (χ4v) is 3.30. The summed E-state index contributed by atoms with van der Waals surface area (Å²) in [5.41, 5.74) is 0. The number of rotatable bonds is 5. The maximum Gasteiger partial charge on any atom is 0.222 e. The minimum atomic E-state index is 0.287. The quantitative estimate of drug-likeness (QED) is 0.699. The van der Waals surface area contributed by atoms with Crippen molar-refractivity contribution in [2.45, 2.75) is 26.2 Å². The zero-order valence-electron chi connectivity index (χ0n) is 9.38. The van der Waals surface area contributed by atoms with Crippen LogP contribution in [-0.4, -0.2) is 41.3 Å². The smallest absolute Gasteiger partial charge is 0.222 e. The van der Waals surface area contributed by atoms with Gasteiger partial charge in [-0.1, -0.05) is 0 Å². The molecule has 0 aromatic rings. The van der Waals surface area contributed by atoms with Crippen molar-refractivity contribution in [1.29, 1.82) is 0 Å². The standard InChI is InChI=1S/C11H20ClNOS/c1-2-13(6-5-12)11(14)9-10-3-7-15-8-4-10/h10H,2-9H2,1H3. The molecule has 4 heteroatoms. The molecule has 2 nitrogen and oxygen atoms in total. The van der Waals surface area contributed by atoms with E-state index in [4.69, 9.17) is 11.6 Å². The van der Waals surface area contributed by atoms with Gasteiger partial charge in [-0.2, -0.15) is 11.8 Å². The molecule has 0 bridgehead atoms. The van der Waals surface area contributed by atoms with Crippen LogP contribution in [0, 0.1) is 5.92 Å². The lowest BCUT2D eigenvalue weighted by Gasteiger charge is -2.25. The maximum atomic E-state index is 11.9. The van der Waals surface area contributed by atoms with Crippen LogP contribution in [-0.2, 0) is 4.79 Å². The van der Waals surface area contributed by atoms with Gasteiger partial charge in [0.05, 0.1) is 0 Å². The minimum Gasteiger partial charge on any atom is -0.342 e. The largest absolute Gasteiger partial charge is 0.342 e. The topological polar surface area (TPSA) is 20.3 Å². The van der Waals surface area contributed by atoms with Crippen molar-refractivity contribution < 1.29 is 4.79 Å². The normalized spacial score (nSPS) is 17.7. The second-order valence-corrected chi connectivity index (χ2v) is 5.52. The zero-order valence-corrected chi connectivity index (χ0v) is 10.9. The Hall–Kier alpha value is 0.110. The summed E-state index contributed by atoms with van der Waals surface area (Å²) >= 11 is 7.67. The third-order valence-electron chi connectivity index (χ3n) is 2.89. The Morgan fingerprint density at radius 2 is 2.13 bits per heavy atom. The molecule has 1 saturated heterocycles. The summed E-state index contributed by atoms with van der Waals surface area (Å²) in [5.74, 6) is 3.89. The lowest BCUT2D eigenvalue weighted by Crippen LogP contribution is -2.34. The summed E-state index contributed by atoms with van der Waals surface area (Å²) in [6.07, 6.45) is 3.13. The molecule has 1 fully saturated rings. The van der Waals surface area contributed by atoms with Crippen LogP contribution < -0.4 is 0 Å². The number of thioether (sulfide) groups is 1. The van der Waals surface area contributed by atoms with Gasteiger partial charge in [-0.05, 0) is 37.2 Å². The Kier molecular flexibility index (Phi) is 6.50. The number of hydrogen-bond donors (Lipinski definition) is 0. The Bertz CT molecular complexity index is 195.